The number of benzene rings is 2. The van der Waals surface area contributed by atoms with Crippen molar-refractivity contribution < 1.29 is 28.5 Å². The number of anilines is 1. The molecular formula is C28H32N4O6S. The molecule has 0 spiro atoms. The summed E-state index contributed by atoms with van der Waals surface area (Å²) < 4.78 is 21.6. The van der Waals surface area contributed by atoms with E-state index in [9.17, 15) is 9.59 Å². The molecule has 0 unspecified atom stereocenters. The molecule has 1 aliphatic rings. The molecule has 0 saturated carbocycles. The van der Waals surface area contributed by atoms with Crippen LogP contribution in [0.2, 0.25) is 0 Å². The van der Waals surface area contributed by atoms with E-state index in [1.165, 1.54) is 17.0 Å². The Kier molecular flexibility index (Phi) is 9.40. The van der Waals surface area contributed by atoms with Gasteiger partial charge in [0.25, 0.3) is 5.91 Å². The van der Waals surface area contributed by atoms with Gasteiger partial charge < -0.3 is 29.2 Å². The normalized spacial score (nSPS) is 14.5. The molecular weight excluding hydrogens is 520 g/mol. The second kappa shape index (κ2) is 13.1. The fourth-order valence-electron chi connectivity index (χ4n) is 4.31. The lowest BCUT2D eigenvalue weighted by molar-refractivity contribution is -0.133. The molecule has 3 amide bonds. The van der Waals surface area contributed by atoms with Gasteiger partial charge in [-0.2, -0.15) is 5.10 Å². The van der Waals surface area contributed by atoms with Gasteiger partial charge in [-0.15, -0.1) is 11.3 Å². The van der Waals surface area contributed by atoms with Gasteiger partial charge in [-0.05, 0) is 41.8 Å². The van der Waals surface area contributed by atoms with Gasteiger partial charge >= 0.3 is 6.03 Å². The van der Waals surface area contributed by atoms with Gasteiger partial charge in [0.1, 0.15) is 23.8 Å². The van der Waals surface area contributed by atoms with Crippen LogP contribution in [0.25, 0.3) is 0 Å². The summed E-state index contributed by atoms with van der Waals surface area (Å²) in [5, 5.41) is 11.0. The van der Waals surface area contributed by atoms with Crippen LogP contribution in [0.1, 0.15) is 22.9 Å². The third-order valence-corrected chi connectivity index (χ3v) is 7.21. The van der Waals surface area contributed by atoms with Gasteiger partial charge in [-0.25, -0.2) is 9.80 Å². The van der Waals surface area contributed by atoms with Gasteiger partial charge in [-0.1, -0.05) is 18.2 Å². The highest BCUT2D eigenvalue weighted by Crippen LogP contribution is 2.40. The van der Waals surface area contributed by atoms with E-state index >= 15 is 0 Å². The molecule has 1 aliphatic heterocycles. The second-order valence-corrected chi connectivity index (χ2v) is 9.58. The molecule has 0 bridgehead atoms. The zero-order valence-corrected chi connectivity index (χ0v) is 23.2. The molecule has 206 valence electrons. The highest BCUT2D eigenvalue weighted by Gasteiger charge is 2.36. The molecule has 2 heterocycles. The van der Waals surface area contributed by atoms with E-state index in [-0.39, 0.29) is 25.6 Å². The number of hydrogen-bond acceptors (Lipinski definition) is 8. The number of ether oxygens (including phenoxy) is 4. The first-order chi connectivity index (χ1) is 19.0. The maximum Gasteiger partial charge on any atom is 0.322 e. The van der Waals surface area contributed by atoms with E-state index < -0.39 is 12.1 Å². The molecule has 1 N–H and O–H groups in total. The molecule has 0 saturated heterocycles. The monoisotopic (exact) mass is 552 g/mol. The van der Waals surface area contributed by atoms with Crippen molar-refractivity contribution in [3.05, 3.63) is 70.4 Å². The average molecular weight is 553 g/mol. The van der Waals surface area contributed by atoms with Crippen LogP contribution in [0, 0.1) is 0 Å². The smallest absolute Gasteiger partial charge is 0.322 e. The molecule has 2 aromatic carbocycles. The van der Waals surface area contributed by atoms with E-state index in [1.807, 2.05) is 35.7 Å². The lowest BCUT2D eigenvalue weighted by Gasteiger charge is -2.28. The first-order valence-electron chi connectivity index (χ1n) is 12.3. The van der Waals surface area contributed by atoms with Gasteiger partial charge in [0.2, 0.25) is 0 Å². The Balaban J connectivity index is 1.63. The summed E-state index contributed by atoms with van der Waals surface area (Å²) >= 11 is 1.56. The fourth-order valence-corrected chi connectivity index (χ4v) is 5.03. The predicted molar refractivity (Wildman–Crippen MR) is 150 cm³/mol. The minimum atomic E-state index is -0.456. The van der Waals surface area contributed by atoms with E-state index in [4.69, 9.17) is 24.0 Å². The lowest BCUT2D eigenvalue weighted by Crippen LogP contribution is -2.44. The van der Waals surface area contributed by atoms with E-state index in [2.05, 4.69) is 5.32 Å². The Morgan fingerprint density at radius 3 is 2.51 bits per heavy atom. The maximum atomic E-state index is 13.8. The highest BCUT2D eigenvalue weighted by atomic mass is 32.1. The summed E-state index contributed by atoms with van der Waals surface area (Å²) in [6, 6.07) is 15.6. The largest absolute Gasteiger partial charge is 0.497 e. The molecule has 0 fully saturated rings. The van der Waals surface area contributed by atoms with Crippen molar-refractivity contribution >= 4 is 34.7 Å². The first kappa shape index (κ1) is 27.9. The van der Waals surface area contributed by atoms with Crippen molar-refractivity contribution in [3.63, 3.8) is 0 Å². The zero-order chi connectivity index (χ0) is 27.8. The third kappa shape index (κ3) is 6.50. The number of rotatable bonds is 11. The Labute approximate surface area is 231 Å². The SMILES string of the molecule is COCCN(CC(=O)N1N=C(c2cccs2)C[C@H]1c1cc(OC)ccc1OC)C(=O)Nc1ccccc1OC. The first-order valence-corrected chi connectivity index (χ1v) is 13.2. The van der Waals surface area contributed by atoms with Crippen LogP contribution >= 0.6 is 11.3 Å². The Morgan fingerprint density at radius 2 is 1.82 bits per heavy atom. The molecule has 0 radical (unpaired) electrons. The number of amides is 3. The molecule has 0 aliphatic carbocycles. The lowest BCUT2D eigenvalue weighted by atomic mass is 9.99. The predicted octanol–water partition coefficient (Wildman–Crippen LogP) is 4.63. The summed E-state index contributed by atoms with van der Waals surface area (Å²) in [6.07, 6.45) is 0.487. The van der Waals surface area contributed by atoms with Crippen LogP contribution in [0.5, 0.6) is 17.2 Å². The van der Waals surface area contributed by atoms with E-state index in [0.717, 1.165) is 16.2 Å². The maximum absolute atomic E-state index is 13.8. The second-order valence-electron chi connectivity index (χ2n) is 8.63. The molecule has 1 aromatic heterocycles. The van der Waals surface area contributed by atoms with Gasteiger partial charge in [0, 0.05) is 25.6 Å². The number of nitrogens with one attached hydrogen (secondary N) is 1. The van der Waals surface area contributed by atoms with Crippen molar-refractivity contribution in [1.82, 2.24) is 9.91 Å². The van der Waals surface area contributed by atoms with Crippen LogP contribution in [-0.4, -0.2) is 75.7 Å². The Bertz CT molecular complexity index is 1310. The van der Waals surface area contributed by atoms with Crippen LogP contribution in [0.3, 0.4) is 0 Å². The number of methoxy groups -OCH3 is 4. The number of carbonyl (C=O) groups is 2. The topological polar surface area (TPSA) is 102 Å². The zero-order valence-electron chi connectivity index (χ0n) is 22.4. The number of hydrazone groups is 1. The van der Waals surface area contributed by atoms with Crippen LogP contribution in [0.4, 0.5) is 10.5 Å². The number of thiophene rings is 1. The van der Waals surface area contributed by atoms with Gasteiger partial charge in [0.05, 0.1) is 50.3 Å². The quantitative estimate of drug-likeness (QED) is 0.372. The fraction of sp³-hybridized carbons (Fsp3) is 0.321. The Morgan fingerprint density at radius 1 is 1.03 bits per heavy atom. The number of carbonyl (C=O) groups excluding carboxylic acids is 2. The summed E-state index contributed by atoms with van der Waals surface area (Å²) in [5.41, 5.74) is 2.05. The number of hydrogen-bond donors (Lipinski definition) is 1. The molecule has 4 rings (SSSR count). The van der Waals surface area contributed by atoms with Crippen molar-refractivity contribution in [1.29, 1.82) is 0 Å². The third-order valence-electron chi connectivity index (χ3n) is 6.29. The average Bonchev–Trinajstić information content (AvgIpc) is 3.65. The summed E-state index contributed by atoms with van der Waals surface area (Å²) in [5.74, 6) is 1.42. The summed E-state index contributed by atoms with van der Waals surface area (Å²) in [6.45, 7) is 0.240. The van der Waals surface area contributed by atoms with Crippen molar-refractivity contribution in [2.45, 2.75) is 12.5 Å². The van der Waals surface area contributed by atoms with Gasteiger partial charge in [-0.3, -0.25) is 4.79 Å². The molecule has 39 heavy (non-hydrogen) atoms. The van der Waals surface area contributed by atoms with Crippen LogP contribution in [-0.2, 0) is 9.53 Å². The molecule has 10 nitrogen and oxygen atoms in total. The van der Waals surface area contributed by atoms with E-state index in [0.29, 0.717) is 29.4 Å². The van der Waals surface area contributed by atoms with Crippen molar-refractivity contribution in [2.75, 3.05) is 53.5 Å². The summed E-state index contributed by atoms with van der Waals surface area (Å²) in [4.78, 5) is 29.5. The number of para-hydroxylation sites is 2. The minimum Gasteiger partial charge on any atom is -0.497 e. The van der Waals surface area contributed by atoms with Gasteiger partial charge in [0.15, 0.2) is 0 Å². The van der Waals surface area contributed by atoms with Crippen molar-refractivity contribution in [2.24, 2.45) is 5.10 Å². The van der Waals surface area contributed by atoms with Crippen molar-refractivity contribution in [3.8, 4) is 17.2 Å². The van der Waals surface area contributed by atoms with Crippen LogP contribution < -0.4 is 19.5 Å². The number of nitrogens with zero attached hydrogens (tertiary/aromatic N) is 3. The Hall–Kier alpha value is -4.09. The summed E-state index contributed by atoms with van der Waals surface area (Å²) in [7, 11) is 6.24. The number of urea groups is 1. The van der Waals surface area contributed by atoms with E-state index in [1.54, 1.807) is 56.9 Å². The highest BCUT2D eigenvalue weighted by molar-refractivity contribution is 7.12. The minimum absolute atomic E-state index is 0.200. The molecule has 11 heteroatoms. The molecule has 1 atom stereocenters. The molecule has 3 aromatic rings. The van der Waals surface area contributed by atoms with Crippen LogP contribution in [0.15, 0.2) is 65.1 Å². The standard InChI is InChI=1S/C28H32N4O6S/c1-35-14-13-31(28(34)29-21-8-5-6-9-25(21)38-4)18-27(33)32-23(17-22(30-32)26-10-7-15-39-26)20-16-19(36-2)11-12-24(20)37-3/h5-12,15-16,23H,13-14,17-18H2,1-4H3,(H,29,34)/t23-/m0/s1.